The van der Waals surface area contributed by atoms with Gasteiger partial charge in [-0.25, -0.2) is 0 Å². The summed E-state index contributed by atoms with van der Waals surface area (Å²) >= 11 is 6.23. The summed E-state index contributed by atoms with van der Waals surface area (Å²) < 4.78 is 46.1. The van der Waals surface area contributed by atoms with Gasteiger partial charge in [0, 0.05) is 17.6 Å². The first kappa shape index (κ1) is 20.1. The topological polar surface area (TPSA) is 51.5 Å². The molecule has 0 aliphatic rings. The molecule has 0 fully saturated rings. The summed E-state index contributed by atoms with van der Waals surface area (Å²) in [5, 5.41) is 10.2. The van der Waals surface area contributed by atoms with Crippen LogP contribution < -0.4 is 4.74 Å². The van der Waals surface area contributed by atoms with Crippen molar-refractivity contribution in [2.45, 2.75) is 26.1 Å². The van der Waals surface area contributed by atoms with E-state index in [4.69, 9.17) is 16.3 Å². The van der Waals surface area contributed by atoms with Gasteiger partial charge in [0.05, 0.1) is 29.6 Å². The van der Waals surface area contributed by atoms with Crippen LogP contribution in [0.4, 0.5) is 13.2 Å². The van der Waals surface area contributed by atoms with Crippen LogP contribution in [0.2, 0.25) is 5.02 Å². The van der Waals surface area contributed by atoms with Crippen molar-refractivity contribution >= 4 is 28.5 Å². The van der Waals surface area contributed by atoms with Crippen molar-refractivity contribution in [3.05, 3.63) is 63.8 Å². The number of carboxylic acid groups (broad SMARTS) is 1. The molecule has 1 heterocycles. The fourth-order valence-corrected chi connectivity index (χ4v) is 3.54. The lowest BCUT2D eigenvalue weighted by molar-refractivity contribution is -0.138. The Bertz CT molecular complexity index is 1060. The van der Waals surface area contributed by atoms with Gasteiger partial charge in [0.15, 0.2) is 0 Å². The molecule has 28 heavy (non-hydrogen) atoms. The van der Waals surface area contributed by atoms with Crippen LogP contribution in [0.5, 0.6) is 5.75 Å². The molecule has 0 atom stereocenters. The van der Waals surface area contributed by atoms with Crippen molar-refractivity contribution < 1.29 is 27.8 Å². The number of rotatable bonds is 5. The predicted octanol–water partition coefficient (Wildman–Crippen LogP) is 5.31. The number of ether oxygens (including phenoxy) is 1. The van der Waals surface area contributed by atoms with E-state index in [1.54, 1.807) is 29.7 Å². The van der Waals surface area contributed by atoms with Gasteiger partial charge in [0.1, 0.15) is 5.75 Å². The van der Waals surface area contributed by atoms with Gasteiger partial charge in [-0.15, -0.1) is 0 Å². The molecule has 0 saturated heterocycles. The number of halogens is 4. The highest BCUT2D eigenvalue weighted by atomic mass is 35.5. The number of methoxy groups -OCH3 is 1. The summed E-state index contributed by atoms with van der Waals surface area (Å²) in [7, 11) is 1.45. The second-order valence-electron chi connectivity index (χ2n) is 6.42. The molecule has 0 unspecified atom stereocenters. The van der Waals surface area contributed by atoms with E-state index in [-0.39, 0.29) is 13.0 Å². The lowest BCUT2D eigenvalue weighted by Gasteiger charge is -2.12. The zero-order valence-corrected chi connectivity index (χ0v) is 15.9. The molecule has 8 heteroatoms. The van der Waals surface area contributed by atoms with Crippen LogP contribution in [0.1, 0.15) is 22.4 Å². The zero-order valence-electron chi connectivity index (χ0n) is 15.1. The third kappa shape index (κ3) is 3.80. The number of aromatic nitrogens is 1. The standard InChI is InChI=1S/C20H17ClF3NO3/c1-11-14(8-19(26)27)15-7-18(28-2)16(21)9-17(15)25(11)10-12-4-3-5-13(6-12)20(22,23)24/h3-7,9H,8,10H2,1-2H3,(H,26,27). The summed E-state index contributed by atoms with van der Waals surface area (Å²) in [5.74, 6) is -0.604. The molecule has 148 valence electrons. The molecule has 3 rings (SSSR count). The summed E-state index contributed by atoms with van der Waals surface area (Å²) in [6, 6.07) is 8.36. The summed E-state index contributed by atoms with van der Waals surface area (Å²) in [6.45, 7) is 1.89. The van der Waals surface area contributed by atoms with Crippen LogP contribution in [0, 0.1) is 6.92 Å². The van der Waals surface area contributed by atoms with Gasteiger partial charge in [0.2, 0.25) is 0 Å². The molecule has 3 aromatic rings. The van der Waals surface area contributed by atoms with Crippen molar-refractivity contribution in [1.82, 2.24) is 4.57 Å². The molecule has 1 aromatic heterocycles. The zero-order chi connectivity index (χ0) is 20.6. The Morgan fingerprint density at radius 3 is 2.57 bits per heavy atom. The Labute approximate surface area is 164 Å². The van der Waals surface area contributed by atoms with E-state index in [2.05, 4.69) is 0 Å². The number of hydrogen-bond acceptors (Lipinski definition) is 2. The van der Waals surface area contributed by atoms with Gasteiger partial charge >= 0.3 is 12.1 Å². The molecular formula is C20H17ClF3NO3. The Morgan fingerprint density at radius 1 is 1.25 bits per heavy atom. The molecule has 1 N–H and O–H groups in total. The van der Waals surface area contributed by atoms with Crippen molar-refractivity contribution in [2.75, 3.05) is 7.11 Å². The van der Waals surface area contributed by atoms with Gasteiger partial charge < -0.3 is 14.4 Å². The minimum absolute atomic E-state index is 0.147. The predicted molar refractivity (Wildman–Crippen MR) is 100 cm³/mol. The molecule has 0 spiro atoms. The maximum absolute atomic E-state index is 13.0. The molecule has 0 aliphatic carbocycles. The molecule has 0 saturated carbocycles. The van der Waals surface area contributed by atoms with Gasteiger partial charge in [-0.3, -0.25) is 4.79 Å². The normalized spacial score (nSPS) is 11.8. The first-order valence-corrected chi connectivity index (χ1v) is 8.72. The summed E-state index contributed by atoms with van der Waals surface area (Å²) in [5.41, 5.74) is 1.58. The number of hydrogen-bond donors (Lipinski definition) is 1. The first-order valence-electron chi connectivity index (χ1n) is 8.35. The maximum Gasteiger partial charge on any atom is 0.416 e. The van der Waals surface area contributed by atoms with E-state index in [0.29, 0.717) is 38.5 Å². The first-order chi connectivity index (χ1) is 13.1. The minimum Gasteiger partial charge on any atom is -0.495 e. The van der Waals surface area contributed by atoms with E-state index in [1.807, 2.05) is 0 Å². The van der Waals surface area contributed by atoms with Gasteiger partial charge in [0.25, 0.3) is 0 Å². The Morgan fingerprint density at radius 2 is 1.96 bits per heavy atom. The Hall–Kier alpha value is -2.67. The molecule has 2 aromatic carbocycles. The summed E-state index contributed by atoms with van der Waals surface area (Å²) in [6.07, 6.45) is -4.66. The molecule has 0 aliphatic heterocycles. The second kappa shape index (κ2) is 7.39. The Balaban J connectivity index is 2.17. The lowest BCUT2D eigenvalue weighted by Crippen LogP contribution is -2.08. The largest absolute Gasteiger partial charge is 0.495 e. The van der Waals surface area contributed by atoms with Crippen molar-refractivity contribution in [3.8, 4) is 5.75 Å². The van der Waals surface area contributed by atoms with Crippen LogP contribution >= 0.6 is 11.6 Å². The second-order valence-corrected chi connectivity index (χ2v) is 6.83. The molecule has 0 bridgehead atoms. The average Bonchev–Trinajstić information content (AvgIpc) is 2.85. The number of carbonyl (C=O) groups is 1. The third-order valence-electron chi connectivity index (χ3n) is 4.65. The quantitative estimate of drug-likeness (QED) is 0.619. The number of fused-ring (bicyclic) bond motifs is 1. The lowest BCUT2D eigenvalue weighted by atomic mass is 10.1. The van der Waals surface area contributed by atoms with Crippen LogP contribution in [-0.4, -0.2) is 22.8 Å². The van der Waals surface area contributed by atoms with Crippen molar-refractivity contribution in [1.29, 1.82) is 0 Å². The smallest absolute Gasteiger partial charge is 0.416 e. The van der Waals surface area contributed by atoms with Crippen LogP contribution in [0.3, 0.4) is 0 Å². The summed E-state index contributed by atoms with van der Waals surface area (Å²) in [4.78, 5) is 11.3. The van der Waals surface area contributed by atoms with Gasteiger partial charge in [-0.2, -0.15) is 13.2 Å². The third-order valence-corrected chi connectivity index (χ3v) is 4.95. The highest BCUT2D eigenvalue weighted by Crippen LogP contribution is 2.36. The SMILES string of the molecule is COc1cc2c(CC(=O)O)c(C)n(Cc3cccc(C(F)(F)F)c3)c2cc1Cl. The highest BCUT2D eigenvalue weighted by molar-refractivity contribution is 6.32. The van der Waals surface area contributed by atoms with E-state index in [9.17, 15) is 23.1 Å². The molecule has 0 amide bonds. The Kier molecular flexibility index (Phi) is 5.30. The van der Waals surface area contributed by atoms with Crippen LogP contribution in [-0.2, 0) is 23.9 Å². The number of alkyl halides is 3. The van der Waals surface area contributed by atoms with E-state index in [0.717, 1.165) is 12.1 Å². The number of benzene rings is 2. The van der Waals surface area contributed by atoms with E-state index in [1.165, 1.54) is 13.2 Å². The highest BCUT2D eigenvalue weighted by Gasteiger charge is 2.30. The van der Waals surface area contributed by atoms with Gasteiger partial charge in [-0.1, -0.05) is 23.7 Å². The monoisotopic (exact) mass is 411 g/mol. The fourth-order valence-electron chi connectivity index (χ4n) is 3.31. The number of carboxylic acids is 1. The molecule has 4 nitrogen and oxygen atoms in total. The average molecular weight is 412 g/mol. The maximum atomic E-state index is 13.0. The van der Waals surface area contributed by atoms with Crippen molar-refractivity contribution in [3.63, 3.8) is 0 Å². The van der Waals surface area contributed by atoms with E-state index < -0.39 is 17.7 Å². The van der Waals surface area contributed by atoms with Crippen LogP contribution in [0.15, 0.2) is 36.4 Å². The number of nitrogens with zero attached hydrogens (tertiary/aromatic N) is 1. The minimum atomic E-state index is -4.44. The molecular weight excluding hydrogens is 395 g/mol. The van der Waals surface area contributed by atoms with Crippen LogP contribution in [0.25, 0.3) is 10.9 Å². The fraction of sp³-hybridized carbons (Fsp3) is 0.250. The number of aliphatic carboxylic acids is 1. The van der Waals surface area contributed by atoms with E-state index >= 15 is 0 Å². The van der Waals surface area contributed by atoms with Gasteiger partial charge in [-0.05, 0) is 42.3 Å². The van der Waals surface area contributed by atoms with Crippen molar-refractivity contribution in [2.24, 2.45) is 0 Å². The molecule has 0 radical (unpaired) electrons.